The smallest absolute Gasteiger partial charge is 0.308 e. The summed E-state index contributed by atoms with van der Waals surface area (Å²) in [5.41, 5.74) is 0. The number of unbranched alkanes of at least 4 members (excludes halogenated alkanes) is 4. The molecule has 0 aliphatic heterocycles. The van der Waals surface area contributed by atoms with Crippen LogP contribution in [-0.4, -0.2) is 56.8 Å². The molecule has 0 heterocycles. The van der Waals surface area contributed by atoms with Crippen molar-refractivity contribution in [2.75, 3.05) is 0 Å². The molecule has 0 saturated heterocycles. The third kappa shape index (κ3) is 15.6. The molecule has 7 heteroatoms. The summed E-state index contributed by atoms with van der Waals surface area (Å²) in [6.45, 7) is 4.11. The molecule has 0 aromatic carbocycles. The Kier molecular flexibility index (Phi) is 15.1. The Labute approximate surface area is 162 Å². The lowest BCUT2D eigenvalue weighted by atomic mass is 10.0. The van der Waals surface area contributed by atoms with E-state index in [0.717, 1.165) is 38.5 Å². The van der Waals surface area contributed by atoms with E-state index in [1.807, 2.05) is 6.92 Å². The van der Waals surface area contributed by atoms with Crippen LogP contribution in [0.1, 0.15) is 90.9 Å². The number of aliphatic hydroxyl groups is 3. The van der Waals surface area contributed by atoms with Crippen LogP contribution in [0.5, 0.6) is 0 Å². The van der Waals surface area contributed by atoms with Gasteiger partial charge in [-0.1, -0.05) is 52.4 Å². The lowest BCUT2D eigenvalue weighted by Gasteiger charge is -2.21. The van der Waals surface area contributed by atoms with Gasteiger partial charge >= 0.3 is 11.9 Å². The van der Waals surface area contributed by atoms with Crippen molar-refractivity contribution < 1.29 is 34.8 Å². The van der Waals surface area contributed by atoms with Crippen molar-refractivity contribution in [2.45, 2.75) is 115 Å². The maximum absolute atomic E-state index is 12.0. The van der Waals surface area contributed by atoms with Gasteiger partial charge in [0.2, 0.25) is 0 Å². The maximum Gasteiger partial charge on any atom is 0.308 e. The van der Waals surface area contributed by atoms with Gasteiger partial charge in [-0.3, -0.25) is 9.59 Å². The van der Waals surface area contributed by atoms with Gasteiger partial charge in [-0.2, -0.15) is 0 Å². The summed E-state index contributed by atoms with van der Waals surface area (Å²) >= 11 is 0. The quantitative estimate of drug-likeness (QED) is 0.222. The summed E-state index contributed by atoms with van der Waals surface area (Å²) in [6.07, 6.45) is 2.97. The Morgan fingerprint density at radius 3 is 1.78 bits per heavy atom. The summed E-state index contributed by atoms with van der Waals surface area (Å²) < 4.78 is 5.17. The molecule has 7 nitrogen and oxygen atoms in total. The number of aliphatic hydroxyl groups excluding tert-OH is 3. The molecular weight excluding hydrogens is 352 g/mol. The molecule has 0 aromatic heterocycles. The van der Waals surface area contributed by atoms with Crippen LogP contribution in [0.3, 0.4) is 0 Å². The fourth-order valence-electron chi connectivity index (χ4n) is 2.99. The number of esters is 1. The summed E-state index contributed by atoms with van der Waals surface area (Å²) in [5, 5.41) is 38.8. The van der Waals surface area contributed by atoms with Crippen molar-refractivity contribution in [1.82, 2.24) is 0 Å². The second-order valence-electron chi connectivity index (χ2n) is 7.34. The van der Waals surface area contributed by atoms with E-state index in [4.69, 9.17) is 9.84 Å². The van der Waals surface area contributed by atoms with Crippen LogP contribution in [-0.2, 0) is 14.3 Å². The van der Waals surface area contributed by atoms with Crippen LogP contribution in [0.25, 0.3) is 0 Å². The number of hydrogen-bond acceptors (Lipinski definition) is 6. The molecule has 0 fully saturated rings. The van der Waals surface area contributed by atoms with Gasteiger partial charge in [0.05, 0.1) is 31.2 Å². The van der Waals surface area contributed by atoms with Gasteiger partial charge in [0, 0.05) is 6.42 Å². The first-order valence-corrected chi connectivity index (χ1v) is 10.2. The number of hydrogen-bond donors (Lipinski definition) is 4. The van der Waals surface area contributed by atoms with Crippen molar-refractivity contribution in [3.63, 3.8) is 0 Å². The number of carboxylic acid groups (broad SMARTS) is 1. The minimum Gasteiger partial charge on any atom is -0.481 e. The van der Waals surface area contributed by atoms with Gasteiger partial charge in [0.15, 0.2) is 0 Å². The molecule has 0 rings (SSSR count). The summed E-state index contributed by atoms with van der Waals surface area (Å²) in [7, 11) is 0. The Bertz CT molecular complexity index is 400. The average molecular weight is 391 g/mol. The summed E-state index contributed by atoms with van der Waals surface area (Å²) in [5.74, 6) is -1.82. The van der Waals surface area contributed by atoms with E-state index in [0.29, 0.717) is 12.8 Å². The highest BCUT2D eigenvalue weighted by Gasteiger charge is 2.23. The number of carbonyl (C=O) groups is 2. The minimum atomic E-state index is -1.11. The van der Waals surface area contributed by atoms with Crippen LogP contribution >= 0.6 is 0 Å². The van der Waals surface area contributed by atoms with Crippen molar-refractivity contribution in [3.8, 4) is 0 Å². The molecule has 0 bridgehead atoms. The highest BCUT2D eigenvalue weighted by atomic mass is 16.5. The van der Waals surface area contributed by atoms with Crippen LogP contribution in [0, 0.1) is 0 Å². The molecule has 0 aliphatic rings. The third-order valence-electron chi connectivity index (χ3n) is 4.46. The zero-order valence-electron chi connectivity index (χ0n) is 16.8. The molecular formula is C20H38O7. The third-order valence-corrected chi connectivity index (χ3v) is 4.46. The normalized spacial score (nSPS) is 15.7. The van der Waals surface area contributed by atoms with Crippen molar-refractivity contribution in [2.24, 2.45) is 0 Å². The second kappa shape index (κ2) is 15.8. The van der Waals surface area contributed by atoms with E-state index in [2.05, 4.69) is 6.92 Å². The molecule has 0 saturated carbocycles. The SMILES string of the molecule is CCCCC[C@@H](O)C[C@H](O)CC(=O)O[C@H](CC(=O)O)C[C@@H](O)CCCCC. The number of carbonyl (C=O) groups excluding carboxylic acids is 1. The maximum atomic E-state index is 12.0. The molecule has 0 radical (unpaired) electrons. The van der Waals surface area contributed by atoms with E-state index in [-0.39, 0.29) is 25.7 Å². The van der Waals surface area contributed by atoms with Gasteiger partial charge < -0.3 is 25.2 Å². The van der Waals surface area contributed by atoms with Crippen LogP contribution in [0.4, 0.5) is 0 Å². The highest BCUT2D eigenvalue weighted by molar-refractivity contribution is 5.71. The number of ether oxygens (including phenoxy) is 1. The molecule has 27 heavy (non-hydrogen) atoms. The summed E-state index contributed by atoms with van der Waals surface area (Å²) in [4.78, 5) is 23.0. The monoisotopic (exact) mass is 390 g/mol. The molecule has 160 valence electrons. The fraction of sp³-hybridized carbons (Fsp3) is 0.900. The summed E-state index contributed by atoms with van der Waals surface area (Å²) in [6, 6.07) is 0. The number of rotatable bonds is 17. The van der Waals surface area contributed by atoms with Gasteiger partial charge in [-0.05, 0) is 19.3 Å². The van der Waals surface area contributed by atoms with Gasteiger partial charge in [0.1, 0.15) is 6.10 Å². The molecule has 0 aromatic rings. The Balaban J connectivity index is 4.34. The molecule has 0 aliphatic carbocycles. The van der Waals surface area contributed by atoms with E-state index in [1.54, 1.807) is 0 Å². The highest BCUT2D eigenvalue weighted by Crippen LogP contribution is 2.16. The number of aliphatic carboxylic acids is 1. The zero-order valence-corrected chi connectivity index (χ0v) is 16.8. The van der Waals surface area contributed by atoms with Crippen LogP contribution < -0.4 is 0 Å². The largest absolute Gasteiger partial charge is 0.481 e. The lowest BCUT2D eigenvalue weighted by Crippen LogP contribution is -2.29. The molecule has 4 atom stereocenters. The van der Waals surface area contributed by atoms with Gasteiger partial charge in [-0.25, -0.2) is 0 Å². The van der Waals surface area contributed by atoms with Gasteiger partial charge in [-0.15, -0.1) is 0 Å². The average Bonchev–Trinajstić information content (AvgIpc) is 2.54. The zero-order chi connectivity index (χ0) is 20.7. The second-order valence-corrected chi connectivity index (χ2v) is 7.34. The Morgan fingerprint density at radius 2 is 1.30 bits per heavy atom. The van der Waals surface area contributed by atoms with E-state index in [9.17, 15) is 24.9 Å². The van der Waals surface area contributed by atoms with E-state index < -0.39 is 36.4 Å². The standard InChI is InChI=1S/C20H38O7/c1-3-5-7-9-15(21)11-17(23)13-20(26)27-18(14-19(24)25)12-16(22)10-8-6-4-2/h15-18,21-23H,3-14H2,1-2H3,(H,24,25)/t15-,16+,17+,18+/m1/s1. The molecule has 0 amide bonds. The molecule has 4 N–H and O–H groups in total. The molecule has 0 unspecified atom stereocenters. The van der Waals surface area contributed by atoms with Gasteiger partial charge in [0.25, 0.3) is 0 Å². The van der Waals surface area contributed by atoms with E-state index in [1.165, 1.54) is 0 Å². The first-order chi connectivity index (χ1) is 12.8. The Hall–Kier alpha value is -1.18. The van der Waals surface area contributed by atoms with E-state index >= 15 is 0 Å². The predicted molar refractivity (Wildman–Crippen MR) is 102 cm³/mol. The first kappa shape index (κ1) is 25.8. The minimum absolute atomic E-state index is 0.0670. The van der Waals surface area contributed by atoms with Crippen LogP contribution in [0.2, 0.25) is 0 Å². The van der Waals surface area contributed by atoms with Crippen molar-refractivity contribution >= 4 is 11.9 Å². The predicted octanol–water partition coefficient (Wildman–Crippen LogP) is 2.79. The van der Waals surface area contributed by atoms with Crippen LogP contribution in [0.15, 0.2) is 0 Å². The Morgan fingerprint density at radius 1 is 0.778 bits per heavy atom. The first-order valence-electron chi connectivity index (χ1n) is 10.2. The topological polar surface area (TPSA) is 124 Å². The lowest BCUT2D eigenvalue weighted by molar-refractivity contribution is -0.156. The number of carboxylic acids is 1. The molecule has 0 spiro atoms. The van der Waals surface area contributed by atoms with Crippen molar-refractivity contribution in [1.29, 1.82) is 0 Å². The van der Waals surface area contributed by atoms with Crippen molar-refractivity contribution in [3.05, 3.63) is 0 Å². The fourth-order valence-corrected chi connectivity index (χ4v) is 2.99.